The molecule has 5 heteroatoms. The standard InChI is InChI=1S/C16H16N2O3/c1-20-15-10-6-5-9-14(15)18-16(19)12-21-17-11-13-7-3-2-4-8-13/h2-11H,12H2,1H3,(H,18,19)/b17-11-. The Morgan fingerprint density at radius 1 is 1.14 bits per heavy atom. The van der Waals surface area contributed by atoms with Gasteiger partial charge in [-0.15, -0.1) is 0 Å². The number of nitrogens with one attached hydrogen (secondary N) is 1. The molecule has 108 valence electrons. The molecule has 0 heterocycles. The van der Waals surface area contributed by atoms with E-state index < -0.39 is 0 Å². The zero-order valence-corrected chi connectivity index (χ0v) is 11.7. The summed E-state index contributed by atoms with van der Waals surface area (Å²) < 4.78 is 5.14. The summed E-state index contributed by atoms with van der Waals surface area (Å²) in [4.78, 5) is 16.7. The van der Waals surface area contributed by atoms with Crippen molar-refractivity contribution in [2.75, 3.05) is 19.0 Å². The van der Waals surface area contributed by atoms with Crippen LogP contribution in [-0.4, -0.2) is 25.8 Å². The van der Waals surface area contributed by atoms with Gasteiger partial charge in [0.15, 0.2) is 6.61 Å². The fourth-order valence-electron chi connectivity index (χ4n) is 1.67. The van der Waals surface area contributed by atoms with E-state index >= 15 is 0 Å². The second-order valence-electron chi connectivity index (χ2n) is 4.17. The summed E-state index contributed by atoms with van der Waals surface area (Å²) in [6.45, 7) is -0.165. The molecule has 0 atom stereocenters. The number of amides is 1. The van der Waals surface area contributed by atoms with Gasteiger partial charge in [0.05, 0.1) is 19.0 Å². The Kier molecular flexibility index (Phi) is 5.34. The molecular formula is C16H16N2O3. The number of ether oxygens (including phenoxy) is 1. The van der Waals surface area contributed by atoms with E-state index in [1.54, 1.807) is 25.5 Å². The average molecular weight is 284 g/mol. The van der Waals surface area contributed by atoms with Gasteiger partial charge in [-0.2, -0.15) is 0 Å². The molecule has 2 aromatic carbocycles. The van der Waals surface area contributed by atoms with Crippen molar-refractivity contribution in [1.29, 1.82) is 0 Å². The number of carbonyl (C=O) groups excluding carboxylic acids is 1. The number of para-hydroxylation sites is 2. The molecule has 1 amide bonds. The number of nitrogens with zero attached hydrogens (tertiary/aromatic N) is 1. The molecule has 0 aromatic heterocycles. The Morgan fingerprint density at radius 3 is 2.62 bits per heavy atom. The number of rotatable bonds is 6. The van der Waals surface area contributed by atoms with Crippen molar-refractivity contribution in [2.45, 2.75) is 0 Å². The van der Waals surface area contributed by atoms with Crippen LogP contribution in [0, 0.1) is 0 Å². The Labute approximate surface area is 123 Å². The highest BCUT2D eigenvalue weighted by atomic mass is 16.6. The van der Waals surface area contributed by atoms with E-state index in [1.165, 1.54) is 0 Å². The molecule has 0 radical (unpaired) electrons. The van der Waals surface area contributed by atoms with Crippen LogP contribution in [-0.2, 0) is 9.63 Å². The minimum atomic E-state index is -0.301. The first kappa shape index (κ1) is 14.6. The zero-order chi connectivity index (χ0) is 14.9. The van der Waals surface area contributed by atoms with Crippen molar-refractivity contribution in [1.82, 2.24) is 0 Å². The molecule has 0 aliphatic heterocycles. The highest BCUT2D eigenvalue weighted by Crippen LogP contribution is 2.22. The molecule has 2 aromatic rings. The van der Waals surface area contributed by atoms with Gasteiger partial charge in [-0.1, -0.05) is 47.6 Å². The third-order valence-corrected chi connectivity index (χ3v) is 2.65. The van der Waals surface area contributed by atoms with Gasteiger partial charge in [0.2, 0.25) is 0 Å². The first-order valence-corrected chi connectivity index (χ1v) is 6.43. The number of carbonyl (C=O) groups is 1. The number of hydrogen-bond acceptors (Lipinski definition) is 4. The quantitative estimate of drug-likeness (QED) is 0.655. The summed E-state index contributed by atoms with van der Waals surface area (Å²) >= 11 is 0. The SMILES string of the molecule is COc1ccccc1NC(=O)CO/N=C\c1ccccc1. The number of hydrogen-bond donors (Lipinski definition) is 1. The molecule has 1 N–H and O–H groups in total. The number of oxime groups is 1. The van der Waals surface area contributed by atoms with E-state index in [2.05, 4.69) is 10.5 Å². The van der Waals surface area contributed by atoms with Crippen molar-refractivity contribution in [3.05, 3.63) is 60.2 Å². The van der Waals surface area contributed by atoms with Crippen LogP contribution in [0.25, 0.3) is 0 Å². The molecule has 2 rings (SSSR count). The van der Waals surface area contributed by atoms with Crippen LogP contribution in [0.15, 0.2) is 59.8 Å². The summed E-state index contributed by atoms with van der Waals surface area (Å²) in [6, 6.07) is 16.7. The largest absolute Gasteiger partial charge is 0.495 e. The third kappa shape index (κ3) is 4.65. The van der Waals surface area contributed by atoms with Crippen molar-refractivity contribution in [3.63, 3.8) is 0 Å². The smallest absolute Gasteiger partial charge is 0.265 e. The van der Waals surface area contributed by atoms with Gasteiger partial charge in [0, 0.05) is 0 Å². The minimum Gasteiger partial charge on any atom is -0.495 e. The number of methoxy groups -OCH3 is 1. The second-order valence-corrected chi connectivity index (χ2v) is 4.17. The van der Waals surface area contributed by atoms with Crippen molar-refractivity contribution < 1.29 is 14.4 Å². The van der Waals surface area contributed by atoms with E-state index in [0.29, 0.717) is 11.4 Å². The predicted octanol–water partition coefficient (Wildman–Crippen LogP) is 2.68. The molecule has 0 bridgehead atoms. The summed E-state index contributed by atoms with van der Waals surface area (Å²) in [5, 5.41) is 6.45. The molecule has 0 fully saturated rings. The Bertz CT molecular complexity index is 612. The first-order chi connectivity index (χ1) is 10.3. The third-order valence-electron chi connectivity index (χ3n) is 2.65. The number of anilines is 1. The lowest BCUT2D eigenvalue weighted by molar-refractivity contribution is -0.120. The molecule has 0 saturated heterocycles. The first-order valence-electron chi connectivity index (χ1n) is 6.43. The fourth-order valence-corrected chi connectivity index (χ4v) is 1.67. The molecule has 21 heavy (non-hydrogen) atoms. The van der Waals surface area contributed by atoms with Crippen molar-refractivity contribution in [3.8, 4) is 5.75 Å². The lowest BCUT2D eigenvalue weighted by Crippen LogP contribution is -2.17. The Morgan fingerprint density at radius 2 is 1.86 bits per heavy atom. The molecule has 5 nitrogen and oxygen atoms in total. The van der Waals surface area contributed by atoms with Crippen LogP contribution in [0.4, 0.5) is 5.69 Å². The van der Waals surface area contributed by atoms with Gasteiger partial charge >= 0.3 is 0 Å². The van der Waals surface area contributed by atoms with Crippen LogP contribution in [0.5, 0.6) is 5.75 Å². The van der Waals surface area contributed by atoms with Crippen LogP contribution >= 0.6 is 0 Å². The molecule has 0 aliphatic carbocycles. The van der Waals surface area contributed by atoms with E-state index in [0.717, 1.165) is 5.56 Å². The highest BCUT2D eigenvalue weighted by molar-refractivity contribution is 5.93. The molecule has 0 spiro atoms. The van der Waals surface area contributed by atoms with E-state index in [9.17, 15) is 4.79 Å². The lowest BCUT2D eigenvalue weighted by Gasteiger charge is -2.08. The fraction of sp³-hybridized carbons (Fsp3) is 0.125. The van der Waals surface area contributed by atoms with Gasteiger partial charge in [-0.3, -0.25) is 4.79 Å². The molecule has 0 aliphatic rings. The Balaban J connectivity index is 1.81. The second kappa shape index (κ2) is 7.69. The van der Waals surface area contributed by atoms with Gasteiger partial charge in [-0.05, 0) is 17.7 Å². The van der Waals surface area contributed by atoms with Crippen molar-refractivity contribution >= 4 is 17.8 Å². The molecular weight excluding hydrogens is 268 g/mol. The predicted molar refractivity (Wildman–Crippen MR) is 81.6 cm³/mol. The van der Waals surface area contributed by atoms with E-state index in [-0.39, 0.29) is 12.5 Å². The van der Waals surface area contributed by atoms with E-state index in [4.69, 9.17) is 9.57 Å². The van der Waals surface area contributed by atoms with Crippen LogP contribution in [0.1, 0.15) is 5.56 Å². The van der Waals surface area contributed by atoms with Crippen molar-refractivity contribution in [2.24, 2.45) is 5.16 Å². The average Bonchev–Trinajstić information content (AvgIpc) is 2.53. The van der Waals surface area contributed by atoms with Gasteiger partial charge in [0.25, 0.3) is 5.91 Å². The van der Waals surface area contributed by atoms with E-state index in [1.807, 2.05) is 42.5 Å². The van der Waals surface area contributed by atoms with Crippen LogP contribution < -0.4 is 10.1 Å². The van der Waals surface area contributed by atoms with Crippen LogP contribution in [0.3, 0.4) is 0 Å². The monoisotopic (exact) mass is 284 g/mol. The summed E-state index contributed by atoms with van der Waals surface area (Å²) in [5.41, 5.74) is 1.50. The molecule has 0 unspecified atom stereocenters. The molecule has 0 saturated carbocycles. The topological polar surface area (TPSA) is 59.9 Å². The normalized spacial score (nSPS) is 10.3. The van der Waals surface area contributed by atoms with Gasteiger partial charge in [0.1, 0.15) is 5.75 Å². The highest BCUT2D eigenvalue weighted by Gasteiger charge is 2.06. The summed E-state index contributed by atoms with van der Waals surface area (Å²) in [5.74, 6) is 0.295. The lowest BCUT2D eigenvalue weighted by atomic mass is 10.2. The zero-order valence-electron chi connectivity index (χ0n) is 11.7. The summed E-state index contributed by atoms with van der Waals surface area (Å²) in [7, 11) is 1.55. The maximum absolute atomic E-state index is 11.7. The van der Waals surface area contributed by atoms with Gasteiger partial charge < -0.3 is 14.9 Å². The van der Waals surface area contributed by atoms with Gasteiger partial charge in [-0.25, -0.2) is 0 Å². The summed E-state index contributed by atoms with van der Waals surface area (Å²) in [6.07, 6.45) is 1.55. The maximum atomic E-state index is 11.7. The maximum Gasteiger partial charge on any atom is 0.265 e. The number of benzene rings is 2. The Hall–Kier alpha value is -2.82. The minimum absolute atomic E-state index is 0.165. The van der Waals surface area contributed by atoms with Crippen LogP contribution in [0.2, 0.25) is 0 Å².